The SMILES string of the molecule is Cc1c2n(c3ccccc13)C(=O)C(Cc1ncn(C(c3ccccc3)(c3ccccc3)c3ccccc3)c1C)C=C2. The smallest absolute Gasteiger partial charge is 0.238 e. The molecular weight excluding hydrogens is 502 g/mol. The lowest BCUT2D eigenvalue weighted by molar-refractivity contribution is 0.0862. The molecule has 3 heterocycles. The van der Waals surface area contributed by atoms with Crippen molar-refractivity contribution in [1.82, 2.24) is 14.1 Å². The number of rotatable bonds is 6. The maximum Gasteiger partial charge on any atom is 0.238 e. The molecule has 0 radical (unpaired) electrons. The number of carbonyl (C=O) groups excluding carboxylic acids is 1. The van der Waals surface area contributed by atoms with E-state index in [9.17, 15) is 4.79 Å². The number of benzene rings is 4. The molecule has 6 aromatic rings. The lowest BCUT2D eigenvalue weighted by Crippen LogP contribution is -2.38. The number of para-hydroxylation sites is 1. The minimum Gasteiger partial charge on any atom is -0.316 e. The van der Waals surface area contributed by atoms with Gasteiger partial charge in [-0.25, -0.2) is 4.98 Å². The summed E-state index contributed by atoms with van der Waals surface area (Å²) in [6.07, 6.45) is 6.65. The van der Waals surface area contributed by atoms with Crippen LogP contribution in [0, 0.1) is 19.8 Å². The molecule has 0 bridgehead atoms. The number of hydrogen-bond donors (Lipinski definition) is 0. The molecule has 200 valence electrons. The van der Waals surface area contributed by atoms with Crippen LogP contribution in [-0.4, -0.2) is 20.0 Å². The second-order valence-corrected chi connectivity index (χ2v) is 10.8. The Balaban J connectivity index is 1.36. The lowest BCUT2D eigenvalue weighted by atomic mass is 9.76. The highest BCUT2D eigenvalue weighted by Crippen LogP contribution is 2.42. The highest BCUT2D eigenvalue weighted by Gasteiger charge is 2.40. The summed E-state index contributed by atoms with van der Waals surface area (Å²) in [5.41, 5.74) is 7.88. The zero-order valence-corrected chi connectivity index (χ0v) is 23.2. The quantitative estimate of drug-likeness (QED) is 0.205. The van der Waals surface area contributed by atoms with Crippen molar-refractivity contribution in [3.63, 3.8) is 0 Å². The van der Waals surface area contributed by atoms with Gasteiger partial charge in [0, 0.05) is 17.5 Å². The second-order valence-electron chi connectivity index (χ2n) is 10.8. The maximum atomic E-state index is 13.9. The Labute approximate surface area is 240 Å². The van der Waals surface area contributed by atoms with E-state index < -0.39 is 5.54 Å². The standard InChI is InChI=1S/C37H31N3O/c1-26-32-20-12-13-21-35(32)40-34(26)23-22-28(36(40)41)24-33-27(2)39(25-38-33)37(29-14-6-3-7-15-29,30-16-8-4-9-17-30)31-18-10-5-11-19-31/h3-23,25,28H,24H2,1-2H3. The normalized spacial score (nSPS) is 14.9. The summed E-state index contributed by atoms with van der Waals surface area (Å²) in [7, 11) is 0. The molecule has 7 rings (SSSR count). The van der Waals surface area contributed by atoms with Crippen LogP contribution in [0.2, 0.25) is 0 Å². The summed E-state index contributed by atoms with van der Waals surface area (Å²) in [4.78, 5) is 18.9. The van der Waals surface area contributed by atoms with E-state index in [2.05, 4.69) is 128 Å². The van der Waals surface area contributed by atoms with Gasteiger partial charge in [-0.05, 0) is 48.2 Å². The molecule has 0 saturated carbocycles. The van der Waals surface area contributed by atoms with Gasteiger partial charge in [0.05, 0.1) is 29.1 Å². The maximum absolute atomic E-state index is 13.9. The molecular formula is C37H31N3O. The molecule has 4 nitrogen and oxygen atoms in total. The largest absolute Gasteiger partial charge is 0.316 e. The van der Waals surface area contributed by atoms with Crippen LogP contribution >= 0.6 is 0 Å². The third kappa shape index (κ3) is 3.82. The first-order valence-electron chi connectivity index (χ1n) is 14.1. The van der Waals surface area contributed by atoms with Gasteiger partial charge >= 0.3 is 0 Å². The lowest BCUT2D eigenvalue weighted by Gasteiger charge is -2.38. The molecule has 1 aliphatic rings. The van der Waals surface area contributed by atoms with Gasteiger partial charge in [0.25, 0.3) is 0 Å². The molecule has 2 aromatic heterocycles. The Morgan fingerprint density at radius 2 is 1.27 bits per heavy atom. The fourth-order valence-corrected chi connectivity index (χ4v) is 6.62. The Hall–Kier alpha value is -4.96. The Kier molecular flexibility index (Phi) is 6.05. The van der Waals surface area contributed by atoms with E-state index in [0.29, 0.717) is 6.42 Å². The highest BCUT2D eigenvalue weighted by atomic mass is 16.2. The van der Waals surface area contributed by atoms with E-state index in [0.717, 1.165) is 50.2 Å². The van der Waals surface area contributed by atoms with E-state index in [1.807, 2.05) is 29.1 Å². The summed E-state index contributed by atoms with van der Waals surface area (Å²) in [6, 6.07) is 40.0. The van der Waals surface area contributed by atoms with Crippen molar-refractivity contribution in [2.24, 2.45) is 5.92 Å². The van der Waals surface area contributed by atoms with Crippen molar-refractivity contribution in [3.8, 4) is 0 Å². The van der Waals surface area contributed by atoms with Crippen LogP contribution in [-0.2, 0) is 12.0 Å². The van der Waals surface area contributed by atoms with Gasteiger partial charge in [0.15, 0.2) is 0 Å². The predicted molar refractivity (Wildman–Crippen MR) is 165 cm³/mol. The number of carbonyl (C=O) groups is 1. The van der Waals surface area contributed by atoms with Crippen molar-refractivity contribution in [2.75, 3.05) is 0 Å². The van der Waals surface area contributed by atoms with Gasteiger partial charge < -0.3 is 4.57 Å². The van der Waals surface area contributed by atoms with Crippen molar-refractivity contribution >= 4 is 22.9 Å². The number of fused-ring (bicyclic) bond motifs is 3. The number of nitrogens with zero attached hydrogens (tertiary/aromatic N) is 3. The van der Waals surface area contributed by atoms with Crippen LogP contribution in [0.3, 0.4) is 0 Å². The Morgan fingerprint density at radius 1 is 0.732 bits per heavy atom. The van der Waals surface area contributed by atoms with E-state index in [-0.39, 0.29) is 11.8 Å². The average molecular weight is 534 g/mol. The van der Waals surface area contributed by atoms with Crippen LogP contribution in [0.15, 0.2) is 128 Å². The molecule has 1 aliphatic heterocycles. The van der Waals surface area contributed by atoms with Gasteiger partial charge in [-0.15, -0.1) is 0 Å². The fourth-order valence-electron chi connectivity index (χ4n) is 6.62. The molecule has 41 heavy (non-hydrogen) atoms. The molecule has 4 aromatic carbocycles. The van der Waals surface area contributed by atoms with Crippen LogP contribution in [0.4, 0.5) is 0 Å². The molecule has 0 amide bonds. The molecule has 0 N–H and O–H groups in total. The highest BCUT2D eigenvalue weighted by molar-refractivity contribution is 6.01. The molecule has 0 spiro atoms. The van der Waals surface area contributed by atoms with Crippen molar-refractivity contribution < 1.29 is 4.79 Å². The summed E-state index contributed by atoms with van der Waals surface area (Å²) in [6.45, 7) is 4.22. The Bertz CT molecular complexity index is 1800. The monoisotopic (exact) mass is 533 g/mol. The van der Waals surface area contributed by atoms with Crippen LogP contribution in [0.5, 0.6) is 0 Å². The average Bonchev–Trinajstić information content (AvgIpc) is 3.54. The summed E-state index contributed by atoms with van der Waals surface area (Å²) in [5.74, 6) is -0.194. The van der Waals surface area contributed by atoms with Gasteiger partial charge in [-0.3, -0.25) is 9.36 Å². The summed E-state index contributed by atoms with van der Waals surface area (Å²) in [5, 5.41) is 1.12. The topological polar surface area (TPSA) is 39.8 Å². The van der Waals surface area contributed by atoms with Crippen LogP contribution in [0.1, 0.15) is 44.1 Å². The summed E-state index contributed by atoms with van der Waals surface area (Å²) < 4.78 is 4.18. The first kappa shape index (κ1) is 25.0. The van der Waals surface area contributed by atoms with Crippen molar-refractivity contribution in [3.05, 3.63) is 167 Å². The summed E-state index contributed by atoms with van der Waals surface area (Å²) >= 11 is 0. The van der Waals surface area contributed by atoms with E-state index in [1.165, 1.54) is 0 Å². The zero-order valence-electron chi connectivity index (χ0n) is 23.2. The Morgan fingerprint density at radius 3 is 1.85 bits per heavy atom. The first-order valence-corrected chi connectivity index (χ1v) is 14.1. The van der Waals surface area contributed by atoms with E-state index in [4.69, 9.17) is 4.98 Å². The third-order valence-electron chi connectivity index (χ3n) is 8.66. The van der Waals surface area contributed by atoms with Crippen LogP contribution in [0.25, 0.3) is 17.0 Å². The fraction of sp³-hybridized carbons (Fsp3) is 0.135. The molecule has 0 saturated heterocycles. The van der Waals surface area contributed by atoms with Crippen molar-refractivity contribution in [2.45, 2.75) is 25.8 Å². The van der Waals surface area contributed by atoms with Gasteiger partial charge in [-0.2, -0.15) is 0 Å². The molecule has 0 fully saturated rings. The predicted octanol–water partition coefficient (Wildman–Crippen LogP) is 7.82. The minimum absolute atomic E-state index is 0.0983. The van der Waals surface area contributed by atoms with E-state index >= 15 is 0 Å². The molecule has 0 aliphatic carbocycles. The number of hydrogen-bond acceptors (Lipinski definition) is 2. The molecule has 1 atom stereocenters. The van der Waals surface area contributed by atoms with E-state index in [1.54, 1.807) is 0 Å². The minimum atomic E-state index is -0.633. The van der Waals surface area contributed by atoms with Crippen molar-refractivity contribution in [1.29, 1.82) is 0 Å². The van der Waals surface area contributed by atoms with Gasteiger partial charge in [0.1, 0.15) is 5.54 Å². The third-order valence-corrected chi connectivity index (χ3v) is 8.66. The second kappa shape index (κ2) is 9.90. The van der Waals surface area contributed by atoms with Gasteiger partial charge in [0.2, 0.25) is 5.91 Å². The van der Waals surface area contributed by atoms with Crippen LogP contribution < -0.4 is 0 Å². The number of aromatic nitrogens is 3. The molecule has 1 unspecified atom stereocenters. The first-order chi connectivity index (χ1) is 20.1. The number of imidazole rings is 1. The molecule has 4 heteroatoms. The number of aryl methyl sites for hydroxylation is 1. The zero-order chi connectivity index (χ0) is 28.0. The van der Waals surface area contributed by atoms with Gasteiger partial charge in [-0.1, -0.05) is 115 Å². The number of allylic oxidation sites excluding steroid dienone is 1.